The minimum Gasteiger partial charge on any atom is -0.379 e. The zero-order valence-electron chi connectivity index (χ0n) is 15.8. The lowest BCUT2D eigenvalue weighted by atomic mass is 10.00. The summed E-state index contributed by atoms with van der Waals surface area (Å²) in [6.07, 6.45) is 5.54. The van der Waals surface area contributed by atoms with Crippen molar-refractivity contribution in [3.8, 4) is 0 Å². The van der Waals surface area contributed by atoms with Gasteiger partial charge in [-0.2, -0.15) is 0 Å². The molecule has 0 radical (unpaired) electrons. The van der Waals surface area contributed by atoms with Crippen molar-refractivity contribution >= 4 is 17.1 Å². The van der Waals surface area contributed by atoms with Crippen molar-refractivity contribution in [2.24, 2.45) is 5.92 Å². The second kappa shape index (κ2) is 12.6. The molecule has 0 aromatic heterocycles. The quantitative estimate of drug-likeness (QED) is 0.350. The molecule has 2 nitrogen and oxygen atoms in total. The monoisotopic (exact) mass is 350 g/mol. The van der Waals surface area contributed by atoms with Crippen molar-refractivity contribution in [3.05, 3.63) is 35.4 Å². The molecule has 0 unspecified atom stereocenters. The Kier molecular flexibility index (Phi) is 11.1. The summed E-state index contributed by atoms with van der Waals surface area (Å²) in [6, 6.07) is 8.94. The first-order valence-corrected chi connectivity index (χ1v) is 9.67. The van der Waals surface area contributed by atoms with Gasteiger partial charge in [0, 0.05) is 13.0 Å². The van der Waals surface area contributed by atoms with Crippen LogP contribution in [-0.2, 0) is 22.3 Å². The molecule has 136 valence electrons. The van der Waals surface area contributed by atoms with Crippen LogP contribution in [0, 0.1) is 5.92 Å². The van der Waals surface area contributed by atoms with Gasteiger partial charge in [-0.05, 0) is 61.4 Å². The molecule has 0 aliphatic rings. The molecule has 0 heterocycles. The Morgan fingerprint density at radius 2 is 1.62 bits per heavy atom. The van der Waals surface area contributed by atoms with Crippen molar-refractivity contribution < 1.29 is 9.47 Å². The molecular weight excluding hydrogens is 316 g/mol. The standard InChI is InChI=1S/C21H34O2S/c1-17(2)7-8-19-9-11-20(12-10-19)16-21(24)6-5-13-22-14-15-23-18(3)4/h9-12,17-18H,5-8,13-16H2,1-4H3. The number of ether oxygens (including phenoxy) is 2. The van der Waals surface area contributed by atoms with Gasteiger partial charge in [-0.3, -0.25) is 0 Å². The van der Waals surface area contributed by atoms with Gasteiger partial charge in [0.1, 0.15) is 0 Å². The van der Waals surface area contributed by atoms with Gasteiger partial charge in [-0.15, -0.1) is 0 Å². The van der Waals surface area contributed by atoms with E-state index in [1.165, 1.54) is 24.0 Å². The maximum Gasteiger partial charge on any atom is 0.0703 e. The van der Waals surface area contributed by atoms with Crippen LogP contribution in [0.15, 0.2) is 24.3 Å². The lowest BCUT2D eigenvalue weighted by Gasteiger charge is -2.09. The molecule has 0 aliphatic carbocycles. The van der Waals surface area contributed by atoms with E-state index in [4.69, 9.17) is 21.7 Å². The summed E-state index contributed by atoms with van der Waals surface area (Å²) in [6.45, 7) is 10.7. The normalized spacial score (nSPS) is 11.4. The van der Waals surface area contributed by atoms with Crippen LogP contribution < -0.4 is 0 Å². The van der Waals surface area contributed by atoms with Crippen LogP contribution in [0.1, 0.15) is 58.1 Å². The fourth-order valence-electron chi connectivity index (χ4n) is 2.41. The second-order valence-corrected chi connectivity index (χ2v) is 7.68. The van der Waals surface area contributed by atoms with Crippen LogP contribution >= 0.6 is 12.2 Å². The average Bonchev–Trinajstić information content (AvgIpc) is 2.53. The Balaban J connectivity index is 2.14. The third kappa shape index (κ3) is 10.9. The highest BCUT2D eigenvalue weighted by Gasteiger charge is 2.02. The number of hydrogen-bond acceptors (Lipinski definition) is 3. The third-order valence-electron chi connectivity index (χ3n) is 3.86. The van der Waals surface area contributed by atoms with Gasteiger partial charge in [0.05, 0.1) is 19.3 Å². The number of hydrogen-bond donors (Lipinski definition) is 0. The fourth-order valence-corrected chi connectivity index (χ4v) is 2.72. The molecule has 0 atom stereocenters. The molecule has 0 fully saturated rings. The molecule has 0 saturated heterocycles. The van der Waals surface area contributed by atoms with E-state index >= 15 is 0 Å². The van der Waals surface area contributed by atoms with Crippen molar-refractivity contribution in [1.82, 2.24) is 0 Å². The molecule has 1 aromatic carbocycles. The Labute approximate surface area is 153 Å². The van der Waals surface area contributed by atoms with Crippen LogP contribution in [0.4, 0.5) is 0 Å². The topological polar surface area (TPSA) is 18.5 Å². The highest BCUT2D eigenvalue weighted by Crippen LogP contribution is 2.12. The molecule has 24 heavy (non-hydrogen) atoms. The summed E-state index contributed by atoms with van der Waals surface area (Å²) in [5, 5.41) is 0. The van der Waals surface area contributed by atoms with Gasteiger partial charge in [-0.1, -0.05) is 50.3 Å². The predicted molar refractivity (Wildman–Crippen MR) is 107 cm³/mol. The molecular formula is C21H34O2S. The largest absolute Gasteiger partial charge is 0.379 e. The maximum atomic E-state index is 5.56. The number of benzene rings is 1. The van der Waals surface area contributed by atoms with E-state index in [1.807, 2.05) is 13.8 Å². The van der Waals surface area contributed by atoms with Crippen LogP contribution in [0.2, 0.25) is 0 Å². The Hall–Kier alpha value is -0.770. The average molecular weight is 351 g/mol. The van der Waals surface area contributed by atoms with Gasteiger partial charge in [-0.25, -0.2) is 0 Å². The number of rotatable bonds is 13. The van der Waals surface area contributed by atoms with Crippen LogP contribution in [0.25, 0.3) is 0 Å². The van der Waals surface area contributed by atoms with Gasteiger partial charge >= 0.3 is 0 Å². The Morgan fingerprint density at radius 3 is 2.25 bits per heavy atom. The first-order valence-electron chi connectivity index (χ1n) is 9.26. The highest BCUT2D eigenvalue weighted by atomic mass is 32.1. The van der Waals surface area contributed by atoms with Crippen molar-refractivity contribution in [1.29, 1.82) is 0 Å². The zero-order chi connectivity index (χ0) is 17.8. The second-order valence-electron chi connectivity index (χ2n) is 7.10. The number of aryl methyl sites for hydroxylation is 1. The van der Waals surface area contributed by atoms with Crippen molar-refractivity contribution in [2.75, 3.05) is 19.8 Å². The van der Waals surface area contributed by atoms with E-state index < -0.39 is 0 Å². The minimum atomic E-state index is 0.276. The first kappa shape index (κ1) is 21.3. The fraction of sp³-hybridized carbons (Fsp3) is 0.667. The van der Waals surface area contributed by atoms with Crippen LogP contribution in [0.3, 0.4) is 0 Å². The summed E-state index contributed by atoms with van der Waals surface area (Å²) >= 11 is 5.51. The van der Waals surface area contributed by atoms with Gasteiger partial charge in [0.15, 0.2) is 0 Å². The summed E-state index contributed by atoms with van der Waals surface area (Å²) < 4.78 is 11.0. The lowest BCUT2D eigenvalue weighted by Crippen LogP contribution is -2.10. The van der Waals surface area contributed by atoms with Crippen molar-refractivity contribution in [2.45, 2.75) is 65.9 Å². The Bertz CT molecular complexity index is 451. The number of thiocarbonyl (C=S) groups is 1. The molecule has 3 heteroatoms. The molecule has 0 aliphatic heterocycles. The van der Waals surface area contributed by atoms with Gasteiger partial charge < -0.3 is 9.47 Å². The molecule has 0 saturated carbocycles. The van der Waals surface area contributed by atoms with E-state index in [2.05, 4.69) is 38.1 Å². The van der Waals surface area contributed by atoms with Crippen LogP contribution in [0.5, 0.6) is 0 Å². The van der Waals surface area contributed by atoms with E-state index in [0.717, 1.165) is 36.7 Å². The smallest absolute Gasteiger partial charge is 0.0703 e. The molecule has 0 spiro atoms. The molecule has 1 rings (SSSR count). The van der Waals surface area contributed by atoms with Gasteiger partial charge in [0.25, 0.3) is 0 Å². The third-order valence-corrected chi connectivity index (χ3v) is 4.21. The SMILES string of the molecule is CC(C)CCc1ccc(CC(=S)CCCOCCOC(C)C)cc1. The summed E-state index contributed by atoms with van der Waals surface area (Å²) in [4.78, 5) is 1.12. The van der Waals surface area contributed by atoms with Gasteiger partial charge in [0.2, 0.25) is 0 Å². The van der Waals surface area contributed by atoms with E-state index in [0.29, 0.717) is 13.2 Å². The Morgan fingerprint density at radius 1 is 0.958 bits per heavy atom. The molecule has 0 N–H and O–H groups in total. The predicted octanol–water partition coefficient (Wildman–Crippen LogP) is 5.41. The first-order chi connectivity index (χ1) is 11.5. The highest BCUT2D eigenvalue weighted by molar-refractivity contribution is 7.80. The summed E-state index contributed by atoms with van der Waals surface area (Å²) in [7, 11) is 0. The van der Waals surface area contributed by atoms with E-state index in [1.54, 1.807) is 0 Å². The van der Waals surface area contributed by atoms with Crippen molar-refractivity contribution in [3.63, 3.8) is 0 Å². The van der Waals surface area contributed by atoms with Crippen LogP contribution in [-0.4, -0.2) is 30.8 Å². The maximum absolute atomic E-state index is 5.56. The van der Waals surface area contributed by atoms with E-state index in [9.17, 15) is 0 Å². The molecule has 1 aromatic rings. The minimum absolute atomic E-state index is 0.276. The molecule has 0 bridgehead atoms. The molecule has 0 amide bonds. The zero-order valence-corrected chi connectivity index (χ0v) is 16.7. The van der Waals surface area contributed by atoms with E-state index in [-0.39, 0.29) is 6.10 Å². The lowest BCUT2D eigenvalue weighted by molar-refractivity contribution is 0.0193. The summed E-state index contributed by atoms with van der Waals surface area (Å²) in [5.74, 6) is 0.761. The summed E-state index contributed by atoms with van der Waals surface area (Å²) in [5.41, 5.74) is 2.75.